The van der Waals surface area contributed by atoms with Crippen molar-refractivity contribution < 1.29 is 4.79 Å². The van der Waals surface area contributed by atoms with Crippen molar-refractivity contribution in [1.82, 2.24) is 5.32 Å². The minimum Gasteiger partial charge on any atom is -0.368 e. The third-order valence-corrected chi connectivity index (χ3v) is 4.31. The molecule has 0 unspecified atom stereocenters. The summed E-state index contributed by atoms with van der Waals surface area (Å²) in [6, 6.07) is 6.65. The summed E-state index contributed by atoms with van der Waals surface area (Å²) in [5.41, 5.74) is 7.76. The van der Waals surface area contributed by atoms with Crippen LogP contribution in [0.3, 0.4) is 0 Å². The molecule has 0 aliphatic heterocycles. The fourth-order valence-corrected chi connectivity index (χ4v) is 3.29. The number of rotatable bonds is 6. The number of hydrogen-bond donors (Lipinski definition) is 2. The van der Waals surface area contributed by atoms with Crippen LogP contribution in [0.1, 0.15) is 31.2 Å². The van der Waals surface area contributed by atoms with E-state index >= 15 is 0 Å². The minimum absolute atomic E-state index is 0.271. The first-order chi connectivity index (χ1) is 9.61. The lowest BCUT2D eigenvalue weighted by Gasteiger charge is -2.32. The van der Waals surface area contributed by atoms with Crippen molar-refractivity contribution in [2.24, 2.45) is 5.73 Å². The number of nitrogens with one attached hydrogen (secondary N) is 1. The number of amides is 1. The fourth-order valence-electron chi connectivity index (χ4n) is 2.94. The highest BCUT2D eigenvalue weighted by Crippen LogP contribution is 2.32. The van der Waals surface area contributed by atoms with Gasteiger partial charge in [0.15, 0.2) is 0 Å². The molecule has 1 aliphatic carbocycles. The van der Waals surface area contributed by atoms with Crippen LogP contribution in [-0.4, -0.2) is 25.5 Å². The maximum atomic E-state index is 11.4. The molecule has 1 saturated carbocycles. The summed E-state index contributed by atoms with van der Waals surface area (Å²) in [4.78, 5) is 13.6. The topological polar surface area (TPSA) is 58.4 Å². The molecule has 0 spiro atoms. The van der Waals surface area contributed by atoms with Crippen molar-refractivity contribution in [2.75, 3.05) is 18.5 Å². The lowest BCUT2D eigenvalue weighted by molar-refractivity contribution is -0.116. The number of nitrogens with two attached hydrogens (primary N) is 1. The minimum atomic E-state index is -0.271. The van der Waals surface area contributed by atoms with E-state index in [1.807, 2.05) is 13.1 Å². The number of anilines is 1. The summed E-state index contributed by atoms with van der Waals surface area (Å²) in [7, 11) is 1.93. The number of benzene rings is 1. The van der Waals surface area contributed by atoms with Gasteiger partial charge in [-0.05, 0) is 37.6 Å². The second-order valence-electron chi connectivity index (χ2n) is 5.34. The monoisotopic (exact) mass is 339 g/mol. The van der Waals surface area contributed by atoms with Crippen molar-refractivity contribution in [3.8, 4) is 0 Å². The quantitative estimate of drug-likeness (QED) is 0.836. The Morgan fingerprint density at radius 3 is 2.75 bits per heavy atom. The van der Waals surface area contributed by atoms with Crippen molar-refractivity contribution in [3.63, 3.8) is 0 Å². The summed E-state index contributed by atoms with van der Waals surface area (Å²) < 4.78 is 1.03. The molecule has 2 rings (SSSR count). The second kappa shape index (κ2) is 7.09. The number of halogens is 1. The molecule has 3 N–H and O–H groups in total. The molecular formula is C15H22BrN3O. The van der Waals surface area contributed by atoms with Gasteiger partial charge in [0.05, 0.1) is 6.54 Å². The molecule has 1 amide bonds. The third-order valence-electron chi connectivity index (χ3n) is 3.82. The normalized spacial score (nSPS) is 15.5. The van der Waals surface area contributed by atoms with Gasteiger partial charge in [-0.3, -0.25) is 4.79 Å². The number of hydrogen-bond acceptors (Lipinski definition) is 3. The molecule has 0 saturated heterocycles. The van der Waals surface area contributed by atoms with Crippen molar-refractivity contribution in [1.29, 1.82) is 0 Å². The predicted molar refractivity (Wildman–Crippen MR) is 85.7 cm³/mol. The van der Waals surface area contributed by atoms with Crippen molar-refractivity contribution in [2.45, 2.75) is 38.3 Å². The zero-order chi connectivity index (χ0) is 14.5. The van der Waals surface area contributed by atoms with Gasteiger partial charge in [-0.2, -0.15) is 0 Å². The molecule has 20 heavy (non-hydrogen) atoms. The van der Waals surface area contributed by atoms with Crippen LogP contribution >= 0.6 is 15.9 Å². The first-order valence-electron chi connectivity index (χ1n) is 7.10. The van der Waals surface area contributed by atoms with E-state index in [4.69, 9.17) is 5.73 Å². The first-order valence-corrected chi connectivity index (χ1v) is 7.89. The number of carbonyl (C=O) groups is 1. The van der Waals surface area contributed by atoms with Crippen LogP contribution in [0.15, 0.2) is 22.7 Å². The van der Waals surface area contributed by atoms with Crippen LogP contribution in [0.25, 0.3) is 0 Å². The zero-order valence-electron chi connectivity index (χ0n) is 11.9. The average molecular weight is 340 g/mol. The van der Waals surface area contributed by atoms with E-state index in [9.17, 15) is 4.79 Å². The zero-order valence-corrected chi connectivity index (χ0v) is 13.4. The van der Waals surface area contributed by atoms with Crippen LogP contribution in [0, 0.1) is 0 Å². The van der Waals surface area contributed by atoms with E-state index in [1.54, 1.807) is 0 Å². The van der Waals surface area contributed by atoms with Gasteiger partial charge in [-0.1, -0.05) is 34.8 Å². The molecule has 0 radical (unpaired) electrons. The van der Waals surface area contributed by atoms with E-state index in [-0.39, 0.29) is 12.5 Å². The van der Waals surface area contributed by atoms with Gasteiger partial charge in [-0.25, -0.2) is 0 Å². The lowest BCUT2D eigenvalue weighted by atomic mass is 10.1. The molecule has 1 aromatic carbocycles. The van der Waals surface area contributed by atoms with Crippen molar-refractivity contribution in [3.05, 3.63) is 28.2 Å². The second-order valence-corrected chi connectivity index (χ2v) is 6.25. The van der Waals surface area contributed by atoms with Crippen LogP contribution in [0.2, 0.25) is 0 Å². The molecule has 0 heterocycles. The maximum Gasteiger partial charge on any atom is 0.236 e. The van der Waals surface area contributed by atoms with Crippen LogP contribution in [0.4, 0.5) is 5.69 Å². The Morgan fingerprint density at radius 1 is 1.45 bits per heavy atom. The standard InChI is InChI=1S/C15H22BrN3O/c1-18-9-11-6-7-12(16)8-14(11)19(10-15(17)20)13-4-2-3-5-13/h6-8,13,18H,2-5,9-10H2,1H3,(H2,17,20). The summed E-state index contributed by atoms with van der Waals surface area (Å²) in [6.45, 7) is 1.07. The van der Waals surface area contributed by atoms with Gasteiger partial charge in [0.2, 0.25) is 5.91 Å². The Bertz CT molecular complexity index is 472. The summed E-state index contributed by atoms with van der Waals surface area (Å²) >= 11 is 3.53. The molecule has 0 bridgehead atoms. The Kier molecular flexibility index (Phi) is 5.43. The van der Waals surface area contributed by atoms with Crippen LogP contribution in [0.5, 0.6) is 0 Å². The number of carbonyl (C=O) groups excluding carboxylic acids is 1. The highest BCUT2D eigenvalue weighted by Gasteiger charge is 2.25. The highest BCUT2D eigenvalue weighted by atomic mass is 79.9. The number of nitrogens with zero attached hydrogens (tertiary/aromatic N) is 1. The fraction of sp³-hybridized carbons (Fsp3) is 0.533. The average Bonchev–Trinajstić information content (AvgIpc) is 2.92. The highest BCUT2D eigenvalue weighted by molar-refractivity contribution is 9.10. The molecular weight excluding hydrogens is 318 g/mol. The van der Waals surface area contributed by atoms with Gasteiger partial charge in [-0.15, -0.1) is 0 Å². The van der Waals surface area contributed by atoms with E-state index in [2.05, 4.69) is 38.3 Å². The Hall–Kier alpha value is -1.07. The Balaban J connectivity index is 2.35. The van der Waals surface area contributed by atoms with E-state index in [1.165, 1.54) is 18.4 Å². The van der Waals surface area contributed by atoms with Gasteiger partial charge in [0, 0.05) is 22.7 Å². The number of primary amides is 1. The van der Waals surface area contributed by atoms with Gasteiger partial charge >= 0.3 is 0 Å². The van der Waals surface area contributed by atoms with Gasteiger partial charge < -0.3 is 16.0 Å². The molecule has 0 atom stereocenters. The molecule has 0 aromatic heterocycles. The van der Waals surface area contributed by atoms with E-state index < -0.39 is 0 Å². The SMILES string of the molecule is CNCc1ccc(Br)cc1N(CC(N)=O)C1CCCC1. The lowest BCUT2D eigenvalue weighted by Crippen LogP contribution is -2.41. The Labute approximate surface area is 128 Å². The smallest absolute Gasteiger partial charge is 0.236 e. The maximum absolute atomic E-state index is 11.4. The van der Waals surface area contributed by atoms with Crippen LogP contribution < -0.4 is 16.0 Å². The molecule has 1 fully saturated rings. The molecule has 110 valence electrons. The summed E-state index contributed by atoms with van der Waals surface area (Å²) in [5.74, 6) is -0.271. The molecule has 1 aliphatic rings. The van der Waals surface area contributed by atoms with E-state index in [0.717, 1.165) is 29.5 Å². The summed E-state index contributed by atoms with van der Waals surface area (Å²) in [5, 5.41) is 3.18. The molecule has 4 nitrogen and oxygen atoms in total. The predicted octanol–water partition coefficient (Wildman–Crippen LogP) is 2.40. The summed E-state index contributed by atoms with van der Waals surface area (Å²) in [6.07, 6.45) is 4.74. The molecule has 1 aromatic rings. The van der Waals surface area contributed by atoms with Gasteiger partial charge in [0.1, 0.15) is 0 Å². The third kappa shape index (κ3) is 3.73. The largest absolute Gasteiger partial charge is 0.368 e. The Morgan fingerprint density at radius 2 is 2.15 bits per heavy atom. The van der Waals surface area contributed by atoms with Gasteiger partial charge in [0.25, 0.3) is 0 Å². The molecule has 5 heteroatoms. The first kappa shape index (κ1) is 15.3. The van der Waals surface area contributed by atoms with Crippen LogP contribution in [-0.2, 0) is 11.3 Å². The van der Waals surface area contributed by atoms with E-state index in [0.29, 0.717) is 6.04 Å². The van der Waals surface area contributed by atoms with Crippen molar-refractivity contribution >= 4 is 27.5 Å².